The van der Waals surface area contributed by atoms with E-state index >= 15 is 4.39 Å². The minimum Gasteiger partial charge on any atom is -0.495 e. The van der Waals surface area contributed by atoms with E-state index in [1.165, 1.54) is 11.6 Å². The first kappa shape index (κ1) is 48.4. The highest BCUT2D eigenvalue weighted by molar-refractivity contribution is 6.00. The summed E-state index contributed by atoms with van der Waals surface area (Å²) in [5.41, 5.74) is 11.1. The summed E-state index contributed by atoms with van der Waals surface area (Å²) in [5.74, 6) is 0.150. The molecule has 3 amide bonds. The Hall–Kier alpha value is -6.65. The van der Waals surface area contributed by atoms with Gasteiger partial charge in [0.05, 0.1) is 43.0 Å². The zero-order valence-electron chi connectivity index (χ0n) is 41.2. The van der Waals surface area contributed by atoms with Gasteiger partial charge in [0, 0.05) is 92.2 Å². The summed E-state index contributed by atoms with van der Waals surface area (Å²) >= 11 is 0. The number of allylic oxidation sites excluding steroid dienone is 3. The van der Waals surface area contributed by atoms with Gasteiger partial charge in [-0.05, 0) is 133 Å². The van der Waals surface area contributed by atoms with E-state index in [1.54, 1.807) is 42.1 Å². The lowest BCUT2D eigenvalue weighted by atomic mass is 9.83. The second kappa shape index (κ2) is 20.7. The van der Waals surface area contributed by atoms with E-state index in [0.29, 0.717) is 62.5 Å². The molecule has 4 aromatic rings. The minimum absolute atomic E-state index is 0.0811. The molecule has 70 heavy (non-hydrogen) atoms. The van der Waals surface area contributed by atoms with E-state index in [1.807, 2.05) is 36.7 Å². The summed E-state index contributed by atoms with van der Waals surface area (Å²) in [4.78, 5) is 62.1. The van der Waals surface area contributed by atoms with Crippen molar-refractivity contribution in [3.63, 3.8) is 0 Å². The van der Waals surface area contributed by atoms with Crippen LogP contribution in [0.1, 0.15) is 103 Å². The van der Waals surface area contributed by atoms with E-state index in [-0.39, 0.29) is 35.1 Å². The molecule has 2 fully saturated rings. The number of piperidine rings is 2. The van der Waals surface area contributed by atoms with Crippen molar-refractivity contribution in [1.29, 1.82) is 0 Å². The molecule has 0 saturated carbocycles. The number of aromatic nitrogens is 4. The number of methoxy groups -OCH3 is 1. The smallest absolute Gasteiger partial charge is 0.257 e. The maximum Gasteiger partial charge on any atom is 0.257 e. The van der Waals surface area contributed by atoms with Crippen LogP contribution in [-0.2, 0) is 34.0 Å². The van der Waals surface area contributed by atoms with Crippen LogP contribution in [-0.4, -0.2) is 111 Å². The van der Waals surface area contributed by atoms with E-state index in [9.17, 15) is 19.2 Å². The second-order valence-electron chi connectivity index (χ2n) is 19.4. The number of benzene rings is 1. The van der Waals surface area contributed by atoms with Crippen LogP contribution in [0.4, 0.5) is 10.1 Å². The zero-order chi connectivity index (χ0) is 49.2. The Labute approximate surface area is 409 Å². The van der Waals surface area contributed by atoms with Gasteiger partial charge in [0.15, 0.2) is 0 Å². The van der Waals surface area contributed by atoms with Gasteiger partial charge in [0.1, 0.15) is 17.6 Å². The van der Waals surface area contributed by atoms with Crippen LogP contribution in [0.5, 0.6) is 0 Å². The largest absolute Gasteiger partial charge is 0.495 e. The highest BCUT2D eigenvalue weighted by Gasteiger charge is 2.32. The van der Waals surface area contributed by atoms with Crippen molar-refractivity contribution in [2.75, 3.05) is 52.2 Å². The molecule has 1 aromatic carbocycles. The van der Waals surface area contributed by atoms with Crippen molar-refractivity contribution in [2.24, 2.45) is 5.92 Å². The first-order valence-corrected chi connectivity index (χ1v) is 24.7. The molecule has 4 aliphatic heterocycles. The minimum atomic E-state index is -0.432. The van der Waals surface area contributed by atoms with Crippen molar-refractivity contribution < 1.29 is 23.5 Å². The van der Waals surface area contributed by atoms with Crippen molar-refractivity contribution >= 4 is 35.1 Å². The molecule has 3 N–H and O–H groups in total. The Balaban J connectivity index is 0.785. The quantitative estimate of drug-likeness (QED) is 0.123. The standard InChI is InChI=1S/C54H65FN10O5/c1-33(26-44-35(3)57-17-11-48(44)64-22-16-41(56-5)30-51(64)67)36(4)62-20-14-38(15-21-62)52-34(2)25-40(27-45(52)55)54(69)63-23-24-65-43(32-63)29-42(60-65)31-61-18-12-37(13-19-61)39-7-8-46(49(28-39)70-6)58-47-9-10-50(66)59-53(47)68/h11,14,16-17,22,25-30,36-37,47,56,58H,7-10,12-13,15,18-21,23-24,31-32H2,1-6H3,(H,59,66,68)/b33-26+. The van der Waals surface area contributed by atoms with Crippen LogP contribution in [0.25, 0.3) is 17.3 Å². The monoisotopic (exact) mass is 953 g/mol. The third-order valence-electron chi connectivity index (χ3n) is 15.0. The van der Waals surface area contributed by atoms with Crippen LogP contribution >= 0.6 is 0 Å². The molecule has 2 atom stereocenters. The molecule has 7 heterocycles. The highest BCUT2D eigenvalue weighted by atomic mass is 19.1. The van der Waals surface area contributed by atoms with Crippen LogP contribution in [0.15, 0.2) is 88.3 Å². The van der Waals surface area contributed by atoms with Gasteiger partial charge in [0.2, 0.25) is 11.8 Å². The Morgan fingerprint density at radius 3 is 2.53 bits per heavy atom. The van der Waals surface area contributed by atoms with E-state index in [2.05, 4.69) is 68.9 Å². The normalized spacial score (nSPS) is 20.1. The summed E-state index contributed by atoms with van der Waals surface area (Å²) in [6.45, 7) is 13.6. The van der Waals surface area contributed by atoms with Crippen LogP contribution in [0, 0.1) is 25.6 Å². The summed E-state index contributed by atoms with van der Waals surface area (Å²) in [6.07, 6.45) is 15.1. The van der Waals surface area contributed by atoms with Crippen molar-refractivity contribution in [3.8, 4) is 5.69 Å². The molecule has 15 nitrogen and oxygen atoms in total. The average molecular weight is 953 g/mol. The van der Waals surface area contributed by atoms with Gasteiger partial charge in [-0.2, -0.15) is 5.10 Å². The number of likely N-dealkylation sites (tertiary alicyclic amines) is 1. The molecule has 9 rings (SSSR count). The topological polar surface area (TPSA) is 159 Å². The lowest BCUT2D eigenvalue weighted by Gasteiger charge is -2.34. The number of hydrogen-bond acceptors (Lipinski definition) is 11. The number of aryl methyl sites for hydroxylation is 2. The van der Waals surface area contributed by atoms with Gasteiger partial charge >= 0.3 is 0 Å². The average Bonchev–Trinajstić information content (AvgIpc) is 3.77. The number of carbonyl (C=O) groups is 3. The van der Waals surface area contributed by atoms with E-state index in [0.717, 1.165) is 114 Å². The lowest BCUT2D eigenvalue weighted by Crippen LogP contribution is -2.50. The van der Waals surface area contributed by atoms with Crippen LogP contribution in [0.3, 0.4) is 0 Å². The molecule has 5 aliphatic rings. The van der Waals surface area contributed by atoms with Gasteiger partial charge in [-0.1, -0.05) is 23.3 Å². The van der Waals surface area contributed by atoms with Crippen molar-refractivity contribution in [3.05, 3.63) is 139 Å². The van der Waals surface area contributed by atoms with Gasteiger partial charge in [0.25, 0.3) is 11.5 Å². The van der Waals surface area contributed by atoms with Crippen molar-refractivity contribution in [1.82, 2.24) is 44.7 Å². The molecule has 0 radical (unpaired) electrons. The van der Waals surface area contributed by atoms with Gasteiger partial charge < -0.3 is 20.3 Å². The summed E-state index contributed by atoms with van der Waals surface area (Å²) in [5, 5.41) is 13.7. The number of fused-ring (bicyclic) bond motifs is 1. The molecule has 2 saturated heterocycles. The number of carbonyl (C=O) groups excluding carboxylic acids is 3. The molecule has 3 aromatic heterocycles. The number of hydrogen-bond donors (Lipinski definition) is 3. The number of pyridine rings is 2. The predicted molar refractivity (Wildman–Crippen MR) is 268 cm³/mol. The fourth-order valence-electron chi connectivity index (χ4n) is 10.8. The van der Waals surface area contributed by atoms with Crippen molar-refractivity contribution in [2.45, 2.75) is 104 Å². The predicted octanol–water partition coefficient (Wildman–Crippen LogP) is 6.65. The Morgan fingerprint density at radius 2 is 1.81 bits per heavy atom. The number of nitrogens with zero attached hydrogens (tertiary/aromatic N) is 7. The summed E-state index contributed by atoms with van der Waals surface area (Å²) in [7, 11) is 3.45. The van der Waals surface area contributed by atoms with Gasteiger partial charge in [-0.3, -0.25) is 48.5 Å². The van der Waals surface area contributed by atoms with Crippen LogP contribution < -0.4 is 21.5 Å². The molecule has 0 bridgehead atoms. The maximum absolute atomic E-state index is 16.2. The number of imide groups is 1. The molecule has 368 valence electrons. The Morgan fingerprint density at radius 1 is 1.00 bits per heavy atom. The summed E-state index contributed by atoms with van der Waals surface area (Å²) in [6, 6.07) is 10.3. The Kier molecular flexibility index (Phi) is 14.3. The molecule has 0 spiro atoms. The molecule has 1 aliphatic carbocycles. The molecular formula is C54H65FN10O5. The third-order valence-corrected chi connectivity index (χ3v) is 15.0. The maximum atomic E-state index is 16.2. The number of rotatable bonds is 13. The van der Waals surface area contributed by atoms with Crippen LogP contribution in [0.2, 0.25) is 0 Å². The first-order chi connectivity index (χ1) is 33.8. The molecule has 16 heteroatoms. The molecular weight excluding hydrogens is 888 g/mol. The highest BCUT2D eigenvalue weighted by Crippen LogP contribution is 2.35. The van der Waals surface area contributed by atoms with E-state index < -0.39 is 6.04 Å². The number of amides is 3. The lowest BCUT2D eigenvalue weighted by molar-refractivity contribution is -0.134. The number of ether oxygens (including phenoxy) is 1. The van der Waals surface area contributed by atoms with E-state index in [4.69, 9.17) is 9.84 Å². The Bertz CT molecular complexity index is 2860. The SMILES string of the molecule is CNc1ccn(-c2ccnc(C)c2/C=C(\C)C(C)N2CC=C(c3c(C)cc(C(=O)N4CCn5nc(CN6CCC(C7=CC(OC)=C(NC8CCC(=O)NC8=O)CC7)CC6)cc5C4)cc3F)CC2)c(=O)c1. The number of halogens is 1. The number of anilines is 1. The summed E-state index contributed by atoms with van der Waals surface area (Å²) < 4.78 is 25.6. The number of nitrogens with one attached hydrogen (secondary N) is 3. The zero-order valence-corrected chi connectivity index (χ0v) is 41.2. The fourth-order valence-corrected chi connectivity index (χ4v) is 10.8. The second-order valence-corrected chi connectivity index (χ2v) is 19.4. The molecule has 2 unspecified atom stereocenters. The van der Waals surface area contributed by atoms with Gasteiger partial charge in [-0.25, -0.2) is 4.39 Å². The first-order valence-electron chi connectivity index (χ1n) is 24.7. The van der Waals surface area contributed by atoms with Gasteiger partial charge in [-0.15, -0.1) is 0 Å². The third kappa shape index (κ3) is 10.3. The fraction of sp³-hybridized carbons (Fsp3) is 0.444.